The van der Waals surface area contributed by atoms with E-state index in [2.05, 4.69) is 10.3 Å². The zero-order valence-corrected chi connectivity index (χ0v) is 9.82. The molecule has 5 N–H and O–H groups in total. The van der Waals surface area contributed by atoms with E-state index < -0.39 is 6.04 Å². The van der Waals surface area contributed by atoms with E-state index in [0.29, 0.717) is 11.5 Å². The van der Waals surface area contributed by atoms with Gasteiger partial charge in [0.2, 0.25) is 5.91 Å². The average molecular weight is 222 g/mol. The van der Waals surface area contributed by atoms with Crippen LogP contribution in [0.5, 0.6) is 0 Å². The van der Waals surface area contributed by atoms with Crippen LogP contribution in [0.25, 0.3) is 0 Å². The molecule has 1 unspecified atom stereocenters. The van der Waals surface area contributed by atoms with Gasteiger partial charge in [0.05, 0.1) is 11.9 Å². The number of carbonyl (C=O) groups is 1. The van der Waals surface area contributed by atoms with Crippen molar-refractivity contribution in [3.63, 3.8) is 0 Å². The second-order valence-electron chi connectivity index (χ2n) is 4.20. The normalized spacial score (nSPS) is 12.5. The van der Waals surface area contributed by atoms with Crippen LogP contribution in [0.3, 0.4) is 0 Å². The molecule has 0 bridgehead atoms. The van der Waals surface area contributed by atoms with Crippen molar-refractivity contribution in [1.82, 2.24) is 4.98 Å². The Balaban J connectivity index is 2.90. The summed E-state index contributed by atoms with van der Waals surface area (Å²) in [6, 6.07) is 1.38. The van der Waals surface area contributed by atoms with E-state index in [0.717, 1.165) is 5.56 Å². The number of aromatic nitrogens is 1. The number of nitrogens with two attached hydrogens (primary N) is 2. The molecule has 0 aliphatic heterocycles. The molecule has 1 atom stereocenters. The van der Waals surface area contributed by atoms with Crippen molar-refractivity contribution in [3.8, 4) is 0 Å². The van der Waals surface area contributed by atoms with E-state index in [1.165, 1.54) is 0 Å². The van der Waals surface area contributed by atoms with Crippen molar-refractivity contribution in [1.29, 1.82) is 0 Å². The quantitative estimate of drug-likeness (QED) is 0.705. The first-order valence-corrected chi connectivity index (χ1v) is 5.19. The summed E-state index contributed by atoms with van der Waals surface area (Å²) in [5.41, 5.74) is 12.4. The third kappa shape index (κ3) is 2.85. The van der Waals surface area contributed by atoms with Gasteiger partial charge in [-0.2, -0.15) is 0 Å². The summed E-state index contributed by atoms with van der Waals surface area (Å²) < 4.78 is 0. The summed E-state index contributed by atoms with van der Waals surface area (Å²) in [7, 11) is 0. The number of nitrogens with zero attached hydrogens (tertiary/aromatic N) is 1. The molecule has 88 valence electrons. The first-order chi connectivity index (χ1) is 7.41. The zero-order valence-electron chi connectivity index (χ0n) is 9.82. The zero-order chi connectivity index (χ0) is 12.3. The lowest BCUT2D eigenvalue weighted by Gasteiger charge is -2.20. The maximum atomic E-state index is 11.2. The van der Waals surface area contributed by atoms with E-state index in [1.807, 2.05) is 20.8 Å². The Morgan fingerprint density at radius 2 is 2.12 bits per heavy atom. The van der Waals surface area contributed by atoms with Crippen molar-refractivity contribution < 1.29 is 4.79 Å². The van der Waals surface area contributed by atoms with E-state index in [9.17, 15) is 4.79 Å². The lowest BCUT2D eigenvalue weighted by molar-refractivity contribution is -0.119. The molecule has 0 spiro atoms. The standard InChI is InChI=1S/C11H18N4O/c1-6(2)9(10(13)16)15-11-7(3)4-8(12)5-14-11/h4-6,9H,12H2,1-3H3,(H2,13,16)(H,14,15). The van der Waals surface area contributed by atoms with Gasteiger partial charge in [0.25, 0.3) is 0 Å². The van der Waals surface area contributed by atoms with Crippen LogP contribution < -0.4 is 16.8 Å². The second-order valence-corrected chi connectivity index (χ2v) is 4.20. The van der Waals surface area contributed by atoms with Crippen LogP contribution >= 0.6 is 0 Å². The summed E-state index contributed by atoms with van der Waals surface area (Å²) in [4.78, 5) is 15.4. The largest absolute Gasteiger partial charge is 0.397 e. The van der Waals surface area contributed by atoms with Crippen LogP contribution in [0.15, 0.2) is 12.3 Å². The smallest absolute Gasteiger partial charge is 0.240 e. The number of pyridine rings is 1. The fraction of sp³-hybridized carbons (Fsp3) is 0.455. The van der Waals surface area contributed by atoms with Gasteiger partial charge in [-0.25, -0.2) is 4.98 Å². The summed E-state index contributed by atoms with van der Waals surface area (Å²) in [5.74, 6) is 0.371. The van der Waals surface area contributed by atoms with Gasteiger partial charge in [-0.05, 0) is 24.5 Å². The summed E-state index contributed by atoms with van der Waals surface area (Å²) in [5, 5.41) is 3.03. The first-order valence-electron chi connectivity index (χ1n) is 5.19. The number of hydrogen-bond acceptors (Lipinski definition) is 4. The van der Waals surface area contributed by atoms with Crippen LogP contribution in [0.4, 0.5) is 11.5 Å². The molecule has 1 amide bonds. The van der Waals surface area contributed by atoms with Gasteiger partial charge in [0.1, 0.15) is 11.9 Å². The maximum absolute atomic E-state index is 11.2. The van der Waals surface area contributed by atoms with Gasteiger partial charge in [0.15, 0.2) is 0 Å². The van der Waals surface area contributed by atoms with Gasteiger partial charge >= 0.3 is 0 Å². The number of primary amides is 1. The van der Waals surface area contributed by atoms with Crippen molar-refractivity contribution >= 4 is 17.4 Å². The monoisotopic (exact) mass is 222 g/mol. The van der Waals surface area contributed by atoms with Crippen molar-refractivity contribution in [2.24, 2.45) is 11.7 Å². The van der Waals surface area contributed by atoms with E-state index in [-0.39, 0.29) is 11.8 Å². The maximum Gasteiger partial charge on any atom is 0.240 e. The van der Waals surface area contributed by atoms with Crippen LogP contribution in [0, 0.1) is 12.8 Å². The first kappa shape index (κ1) is 12.3. The van der Waals surface area contributed by atoms with Crippen LogP contribution in [0.1, 0.15) is 19.4 Å². The Labute approximate surface area is 95.2 Å². The van der Waals surface area contributed by atoms with E-state index >= 15 is 0 Å². The predicted octanol–water partition coefficient (Wildman–Crippen LogP) is 0.894. The lowest BCUT2D eigenvalue weighted by atomic mass is 10.0. The summed E-state index contributed by atoms with van der Waals surface area (Å²) >= 11 is 0. The minimum atomic E-state index is -0.421. The molecule has 0 radical (unpaired) electrons. The number of hydrogen-bond donors (Lipinski definition) is 3. The van der Waals surface area contributed by atoms with Gasteiger partial charge in [-0.1, -0.05) is 13.8 Å². The molecule has 0 aliphatic rings. The molecule has 0 saturated carbocycles. The summed E-state index contributed by atoms with van der Waals surface area (Å²) in [6.45, 7) is 5.73. The number of anilines is 2. The fourth-order valence-electron chi connectivity index (χ4n) is 1.46. The molecule has 1 aromatic rings. The molecule has 5 nitrogen and oxygen atoms in total. The highest BCUT2D eigenvalue weighted by Gasteiger charge is 2.20. The van der Waals surface area contributed by atoms with Crippen molar-refractivity contribution in [2.75, 3.05) is 11.1 Å². The molecule has 0 aromatic carbocycles. The number of aryl methyl sites for hydroxylation is 1. The number of nitrogens with one attached hydrogen (secondary N) is 1. The Morgan fingerprint density at radius 1 is 1.50 bits per heavy atom. The second kappa shape index (κ2) is 4.83. The molecule has 16 heavy (non-hydrogen) atoms. The minimum absolute atomic E-state index is 0.108. The van der Waals surface area contributed by atoms with Crippen molar-refractivity contribution in [2.45, 2.75) is 26.8 Å². The molecule has 0 fully saturated rings. The SMILES string of the molecule is Cc1cc(N)cnc1NC(C(N)=O)C(C)C. The molecule has 1 heterocycles. The molecular formula is C11H18N4O. The van der Waals surface area contributed by atoms with Crippen molar-refractivity contribution in [3.05, 3.63) is 17.8 Å². The third-order valence-electron chi connectivity index (χ3n) is 2.36. The Morgan fingerprint density at radius 3 is 2.56 bits per heavy atom. The molecule has 1 aromatic heterocycles. The van der Waals surface area contributed by atoms with Crippen LogP contribution in [0.2, 0.25) is 0 Å². The van der Waals surface area contributed by atoms with Crippen LogP contribution in [-0.2, 0) is 4.79 Å². The third-order valence-corrected chi connectivity index (χ3v) is 2.36. The Bertz CT molecular complexity index is 390. The van der Waals surface area contributed by atoms with Gasteiger partial charge in [-0.3, -0.25) is 4.79 Å². The molecular weight excluding hydrogens is 204 g/mol. The minimum Gasteiger partial charge on any atom is -0.397 e. The van der Waals surface area contributed by atoms with Gasteiger partial charge < -0.3 is 16.8 Å². The average Bonchev–Trinajstić information content (AvgIpc) is 2.15. The number of rotatable bonds is 4. The molecule has 1 rings (SSSR count). The van der Waals surface area contributed by atoms with E-state index in [1.54, 1.807) is 12.3 Å². The highest BCUT2D eigenvalue weighted by Crippen LogP contribution is 2.16. The highest BCUT2D eigenvalue weighted by molar-refractivity contribution is 5.83. The topological polar surface area (TPSA) is 94.0 Å². The lowest BCUT2D eigenvalue weighted by Crippen LogP contribution is -2.39. The highest BCUT2D eigenvalue weighted by atomic mass is 16.1. The van der Waals surface area contributed by atoms with Gasteiger partial charge in [0, 0.05) is 0 Å². The molecule has 0 saturated heterocycles. The number of carbonyl (C=O) groups excluding carboxylic acids is 1. The Hall–Kier alpha value is -1.78. The Kier molecular flexibility index (Phi) is 3.71. The van der Waals surface area contributed by atoms with Gasteiger partial charge in [-0.15, -0.1) is 0 Å². The summed E-state index contributed by atoms with van der Waals surface area (Å²) in [6.07, 6.45) is 1.55. The number of amides is 1. The predicted molar refractivity (Wildman–Crippen MR) is 64.8 cm³/mol. The molecule has 0 aliphatic carbocycles. The fourth-order valence-corrected chi connectivity index (χ4v) is 1.46. The van der Waals surface area contributed by atoms with E-state index in [4.69, 9.17) is 11.5 Å². The van der Waals surface area contributed by atoms with Crippen LogP contribution in [-0.4, -0.2) is 16.9 Å². The molecule has 5 heteroatoms. The number of nitrogen functional groups attached to an aromatic ring is 1.